The van der Waals surface area contributed by atoms with Crippen molar-refractivity contribution in [1.82, 2.24) is 5.32 Å². The number of ether oxygens (including phenoxy) is 1. The summed E-state index contributed by atoms with van der Waals surface area (Å²) < 4.78 is 5.71. The second-order valence-electron chi connectivity index (χ2n) is 4.98. The molecular formula is C18H22N2O2S2. The van der Waals surface area contributed by atoms with Crippen LogP contribution in [0.15, 0.2) is 54.6 Å². The van der Waals surface area contributed by atoms with Crippen LogP contribution in [-0.4, -0.2) is 30.5 Å². The third kappa shape index (κ3) is 6.86. The van der Waals surface area contributed by atoms with Crippen molar-refractivity contribution >= 4 is 27.5 Å². The SMILES string of the molecule is NCCSSCCCNC(=O)c1ccc(Oc2ccccc2)cc1. The van der Waals surface area contributed by atoms with E-state index in [2.05, 4.69) is 5.32 Å². The first-order valence-corrected chi connectivity index (χ1v) is 10.3. The number of carbonyl (C=O) groups excluding carboxylic acids is 1. The van der Waals surface area contributed by atoms with E-state index >= 15 is 0 Å². The fourth-order valence-electron chi connectivity index (χ4n) is 1.90. The van der Waals surface area contributed by atoms with Crippen LogP contribution in [0, 0.1) is 0 Å². The van der Waals surface area contributed by atoms with Gasteiger partial charge >= 0.3 is 0 Å². The molecule has 24 heavy (non-hydrogen) atoms. The zero-order valence-corrected chi connectivity index (χ0v) is 15.1. The molecule has 2 aromatic rings. The Morgan fingerprint density at radius 2 is 1.62 bits per heavy atom. The Bertz CT molecular complexity index is 606. The summed E-state index contributed by atoms with van der Waals surface area (Å²) in [4.78, 5) is 12.1. The Balaban J connectivity index is 1.71. The van der Waals surface area contributed by atoms with Gasteiger partial charge in [-0.25, -0.2) is 0 Å². The maximum Gasteiger partial charge on any atom is 0.251 e. The first-order chi connectivity index (χ1) is 11.8. The predicted molar refractivity (Wildman–Crippen MR) is 104 cm³/mol. The molecule has 128 valence electrons. The highest BCUT2D eigenvalue weighted by atomic mass is 33.1. The Hall–Kier alpha value is -1.63. The van der Waals surface area contributed by atoms with Crippen LogP contribution in [0.3, 0.4) is 0 Å². The van der Waals surface area contributed by atoms with Crippen molar-refractivity contribution in [3.63, 3.8) is 0 Å². The van der Waals surface area contributed by atoms with Gasteiger partial charge in [0.05, 0.1) is 0 Å². The van der Waals surface area contributed by atoms with Crippen LogP contribution in [-0.2, 0) is 0 Å². The van der Waals surface area contributed by atoms with Gasteiger partial charge in [-0.3, -0.25) is 4.79 Å². The summed E-state index contributed by atoms with van der Waals surface area (Å²) in [5, 5.41) is 2.93. The molecule has 0 spiro atoms. The fourth-order valence-corrected chi connectivity index (χ4v) is 3.84. The molecule has 2 rings (SSSR count). The van der Waals surface area contributed by atoms with Crippen LogP contribution in [0.25, 0.3) is 0 Å². The van der Waals surface area contributed by atoms with Crippen LogP contribution in [0.4, 0.5) is 0 Å². The molecule has 0 unspecified atom stereocenters. The lowest BCUT2D eigenvalue weighted by Crippen LogP contribution is -2.24. The molecule has 0 aliphatic carbocycles. The molecule has 6 heteroatoms. The second kappa shape index (κ2) is 11.0. The van der Waals surface area contributed by atoms with E-state index in [1.807, 2.05) is 30.3 Å². The second-order valence-corrected chi connectivity index (χ2v) is 7.68. The summed E-state index contributed by atoms with van der Waals surface area (Å²) in [6.07, 6.45) is 0.948. The molecule has 3 N–H and O–H groups in total. The first kappa shape index (κ1) is 18.7. The van der Waals surface area contributed by atoms with Gasteiger partial charge in [0.25, 0.3) is 5.91 Å². The number of amides is 1. The van der Waals surface area contributed by atoms with Crippen LogP contribution >= 0.6 is 21.6 Å². The quantitative estimate of drug-likeness (QED) is 0.495. The molecule has 2 aromatic carbocycles. The highest BCUT2D eigenvalue weighted by Gasteiger charge is 2.05. The number of benzene rings is 2. The van der Waals surface area contributed by atoms with Gasteiger partial charge < -0.3 is 15.8 Å². The van der Waals surface area contributed by atoms with Gasteiger partial charge in [0, 0.05) is 30.2 Å². The third-order valence-corrected chi connectivity index (χ3v) is 5.59. The van der Waals surface area contributed by atoms with E-state index in [0.29, 0.717) is 24.4 Å². The summed E-state index contributed by atoms with van der Waals surface area (Å²) in [5.41, 5.74) is 6.07. The smallest absolute Gasteiger partial charge is 0.251 e. The number of rotatable bonds is 10. The fraction of sp³-hybridized carbons (Fsp3) is 0.278. The lowest BCUT2D eigenvalue weighted by Gasteiger charge is -2.07. The highest BCUT2D eigenvalue weighted by molar-refractivity contribution is 8.76. The first-order valence-electron chi connectivity index (χ1n) is 7.85. The molecule has 0 radical (unpaired) electrons. The molecular weight excluding hydrogens is 340 g/mol. The maximum absolute atomic E-state index is 12.1. The average molecular weight is 363 g/mol. The van der Waals surface area contributed by atoms with E-state index in [-0.39, 0.29) is 5.91 Å². The van der Waals surface area contributed by atoms with E-state index in [0.717, 1.165) is 23.7 Å². The lowest BCUT2D eigenvalue weighted by molar-refractivity contribution is 0.0954. The van der Waals surface area contributed by atoms with Gasteiger partial charge in [-0.15, -0.1) is 0 Å². The number of hydrogen-bond acceptors (Lipinski definition) is 5. The van der Waals surface area contributed by atoms with Gasteiger partial charge in [-0.2, -0.15) is 0 Å². The van der Waals surface area contributed by atoms with E-state index in [1.54, 1.807) is 45.9 Å². The maximum atomic E-state index is 12.1. The van der Waals surface area contributed by atoms with Crippen molar-refractivity contribution < 1.29 is 9.53 Å². The number of nitrogens with one attached hydrogen (secondary N) is 1. The lowest BCUT2D eigenvalue weighted by atomic mass is 10.2. The van der Waals surface area contributed by atoms with Crippen molar-refractivity contribution in [2.24, 2.45) is 5.73 Å². The third-order valence-electron chi connectivity index (χ3n) is 3.07. The zero-order valence-electron chi connectivity index (χ0n) is 13.4. The predicted octanol–water partition coefficient (Wildman–Crippen LogP) is 3.94. The van der Waals surface area contributed by atoms with Gasteiger partial charge in [0.15, 0.2) is 0 Å². The number of carbonyl (C=O) groups is 1. The van der Waals surface area contributed by atoms with Gasteiger partial charge in [0.2, 0.25) is 0 Å². The highest BCUT2D eigenvalue weighted by Crippen LogP contribution is 2.21. The summed E-state index contributed by atoms with van der Waals surface area (Å²) in [6.45, 7) is 1.38. The van der Waals surface area contributed by atoms with Crippen LogP contribution in [0.5, 0.6) is 11.5 Å². The Morgan fingerprint density at radius 3 is 2.33 bits per heavy atom. The summed E-state index contributed by atoms with van der Waals surface area (Å²) >= 11 is 0. The average Bonchev–Trinajstić information content (AvgIpc) is 2.62. The molecule has 0 atom stereocenters. The standard InChI is InChI=1S/C18H22N2O2S2/c19-11-14-24-23-13-4-12-20-18(21)15-7-9-17(10-8-15)22-16-5-2-1-3-6-16/h1-3,5-10H,4,11-14,19H2,(H,20,21). The Labute approximate surface area is 150 Å². The molecule has 0 saturated heterocycles. The van der Waals surface area contributed by atoms with Crippen molar-refractivity contribution in [3.8, 4) is 11.5 Å². The minimum absolute atomic E-state index is 0.0547. The Kier molecular flexibility index (Phi) is 8.59. The van der Waals surface area contributed by atoms with Crippen molar-refractivity contribution in [3.05, 3.63) is 60.2 Å². The Morgan fingerprint density at radius 1 is 0.958 bits per heavy atom. The summed E-state index contributed by atoms with van der Waals surface area (Å²) in [5.74, 6) is 3.41. The van der Waals surface area contributed by atoms with Crippen LogP contribution in [0.1, 0.15) is 16.8 Å². The van der Waals surface area contributed by atoms with E-state index < -0.39 is 0 Å². The van der Waals surface area contributed by atoms with E-state index in [4.69, 9.17) is 10.5 Å². The van der Waals surface area contributed by atoms with Crippen molar-refractivity contribution in [2.45, 2.75) is 6.42 Å². The van der Waals surface area contributed by atoms with E-state index in [1.165, 1.54) is 0 Å². The van der Waals surface area contributed by atoms with Crippen molar-refractivity contribution in [1.29, 1.82) is 0 Å². The molecule has 0 aromatic heterocycles. The summed E-state index contributed by atoms with van der Waals surface area (Å²) in [7, 11) is 3.57. The van der Waals surface area contributed by atoms with Crippen LogP contribution in [0.2, 0.25) is 0 Å². The van der Waals surface area contributed by atoms with Gasteiger partial charge in [-0.1, -0.05) is 39.8 Å². The van der Waals surface area contributed by atoms with E-state index in [9.17, 15) is 4.79 Å². The topological polar surface area (TPSA) is 64.3 Å². The number of nitrogens with two attached hydrogens (primary N) is 1. The van der Waals surface area contributed by atoms with Gasteiger partial charge in [0.1, 0.15) is 11.5 Å². The summed E-state index contributed by atoms with van der Waals surface area (Å²) in [6, 6.07) is 16.7. The minimum atomic E-state index is -0.0547. The normalized spacial score (nSPS) is 10.4. The molecule has 1 amide bonds. The molecule has 0 fully saturated rings. The number of hydrogen-bond donors (Lipinski definition) is 2. The molecule has 0 aliphatic heterocycles. The van der Waals surface area contributed by atoms with Gasteiger partial charge in [-0.05, 0) is 42.8 Å². The van der Waals surface area contributed by atoms with Crippen molar-refractivity contribution in [2.75, 3.05) is 24.6 Å². The molecule has 0 bridgehead atoms. The molecule has 0 heterocycles. The largest absolute Gasteiger partial charge is 0.457 e. The minimum Gasteiger partial charge on any atom is -0.457 e. The molecule has 0 saturated carbocycles. The molecule has 4 nitrogen and oxygen atoms in total. The molecule has 0 aliphatic rings. The zero-order chi connectivity index (χ0) is 17.0. The monoisotopic (exact) mass is 362 g/mol. The number of para-hydroxylation sites is 1. The van der Waals surface area contributed by atoms with Crippen LogP contribution < -0.4 is 15.8 Å².